The highest BCUT2D eigenvalue weighted by atomic mass is 32.2. The number of carbonyl (C=O) groups is 1. The van der Waals surface area contributed by atoms with Gasteiger partial charge in [-0.05, 0) is 38.4 Å². The van der Waals surface area contributed by atoms with Gasteiger partial charge in [-0.3, -0.25) is 4.79 Å². The van der Waals surface area contributed by atoms with Gasteiger partial charge in [0.15, 0.2) is 0 Å². The fourth-order valence-electron chi connectivity index (χ4n) is 2.90. The lowest BCUT2D eigenvalue weighted by Crippen LogP contribution is -2.44. The Morgan fingerprint density at radius 3 is 2.59 bits per heavy atom. The first-order chi connectivity index (χ1) is 8.02. The second kappa shape index (κ2) is 5.19. The summed E-state index contributed by atoms with van der Waals surface area (Å²) in [5.41, 5.74) is 6.00. The van der Waals surface area contributed by atoms with Crippen LogP contribution >= 0.6 is 11.8 Å². The Hall–Kier alpha value is -0.220. The molecule has 0 spiro atoms. The molecule has 2 aliphatic rings. The third kappa shape index (κ3) is 3.62. The molecule has 0 radical (unpaired) electrons. The molecule has 0 aromatic carbocycles. The average Bonchev–Trinajstić information content (AvgIpc) is 2.86. The minimum Gasteiger partial charge on any atom is -0.355 e. The highest BCUT2D eigenvalue weighted by Gasteiger charge is 2.33. The van der Waals surface area contributed by atoms with Gasteiger partial charge in [-0.15, -0.1) is 0 Å². The van der Waals surface area contributed by atoms with E-state index in [0.717, 1.165) is 19.4 Å². The van der Waals surface area contributed by atoms with E-state index >= 15 is 0 Å². The van der Waals surface area contributed by atoms with Gasteiger partial charge in [0.25, 0.3) is 0 Å². The summed E-state index contributed by atoms with van der Waals surface area (Å²) >= 11 is 1.98. The van der Waals surface area contributed by atoms with Crippen molar-refractivity contribution in [3.63, 3.8) is 0 Å². The molecule has 1 amide bonds. The van der Waals surface area contributed by atoms with Crippen LogP contribution in [0.25, 0.3) is 0 Å². The number of amides is 1. The monoisotopic (exact) mass is 256 g/mol. The Morgan fingerprint density at radius 2 is 2.00 bits per heavy atom. The molecule has 2 rings (SSSR count). The molecule has 1 saturated carbocycles. The smallest absolute Gasteiger partial charge is 0.221 e. The topological polar surface area (TPSA) is 55.1 Å². The van der Waals surface area contributed by atoms with Gasteiger partial charge in [0.2, 0.25) is 5.91 Å². The van der Waals surface area contributed by atoms with E-state index in [1.54, 1.807) is 0 Å². The summed E-state index contributed by atoms with van der Waals surface area (Å²) in [4.78, 5) is 11.9. The largest absolute Gasteiger partial charge is 0.355 e. The lowest BCUT2D eigenvalue weighted by Gasteiger charge is -2.26. The SMILES string of the molecule is CC1(CNC(=O)CC2(N)CCCC2)CCCS1. The summed E-state index contributed by atoms with van der Waals surface area (Å²) in [5, 5.41) is 3.08. The maximum atomic E-state index is 11.9. The molecular weight excluding hydrogens is 232 g/mol. The first kappa shape index (κ1) is 13.2. The van der Waals surface area contributed by atoms with E-state index in [1.807, 2.05) is 11.8 Å². The third-order valence-electron chi connectivity index (χ3n) is 4.07. The summed E-state index contributed by atoms with van der Waals surface area (Å²) in [5.74, 6) is 1.37. The van der Waals surface area contributed by atoms with Crippen LogP contribution in [0.1, 0.15) is 51.9 Å². The second-order valence-corrected chi connectivity index (χ2v) is 7.61. The molecule has 0 aromatic heterocycles. The molecule has 98 valence electrons. The molecule has 1 aliphatic heterocycles. The van der Waals surface area contributed by atoms with Crippen LogP contribution in [0.15, 0.2) is 0 Å². The number of thioether (sulfide) groups is 1. The van der Waals surface area contributed by atoms with E-state index in [-0.39, 0.29) is 16.2 Å². The normalized spacial score (nSPS) is 31.6. The van der Waals surface area contributed by atoms with Crippen LogP contribution in [-0.4, -0.2) is 28.5 Å². The van der Waals surface area contributed by atoms with E-state index < -0.39 is 0 Å². The Bertz CT molecular complexity index is 281. The molecule has 2 fully saturated rings. The van der Waals surface area contributed by atoms with Crippen molar-refractivity contribution in [1.82, 2.24) is 5.32 Å². The van der Waals surface area contributed by atoms with Gasteiger partial charge < -0.3 is 11.1 Å². The molecule has 3 N–H and O–H groups in total. The predicted octanol–water partition coefficient (Wildman–Crippen LogP) is 2.05. The molecule has 1 atom stereocenters. The van der Waals surface area contributed by atoms with Crippen LogP contribution in [0, 0.1) is 0 Å². The quantitative estimate of drug-likeness (QED) is 0.809. The summed E-state index contributed by atoms with van der Waals surface area (Å²) in [6.07, 6.45) is 7.37. The van der Waals surface area contributed by atoms with Gasteiger partial charge in [0.05, 0.1) is 0 Å². The summed E-state index contributed by atoms with van der Waals surface area (Å²) < 4.78 is 0.257. The fraction of sp³-hybridized carbons (Fsp3) is 0.923. The molecule has 1 heterocycles. The van der Waals surface area contributed by atoms with Crippen molar-refractivity contribution in [3.8, 4) is 0 Å². The van der Waals surface area contributed by atoms with Crippen LogP contribution in [0.2, 0.25) is 0 Å². The lowest BCUT2D eigenvalue weighted by molar-refractivity contribution is -0.122. The van der Waals surface area contributed by atoms with Gasteiger partial charge in [-0.2, -0.15) is 11.8 Å². The van der Waals surface area contributed by atoms with Gasteiger partial charge in [0.1, 0.15) is 0 Å². The van der Waals surface area contributed by atoms with Crippen LogP contribution in [0.5, 0.6) is 0 Å². The van der Waals surface area contributed by atoms with E-state index in [2.05, 4.69) is 12.2 Å². The van der Waals surface area contributed by atoms with Crippen LogP contribution in [-0.2, 0) is 4.79 Å². The van der Waals surface area contributed by atoms with Crippen molar-refractivity contribution in [1.29, 1.82) is 0 Å². The van der Waals surface area contributed by atoms with Crippen LogP contribution < -0.4 is 11.1 Å². The van der Waals surface area contributed by atoms with Crippen molar-refractivity contribution in [3.05, 3.63) is 0 Å². The first-order valence-electron chi connectivity index (χ1n) is 6.71. The Labute approximate surface area is 108 Å². The highest BCUT2D eigenvalue weighted by Crippen LogP contribution is 2.37. The zero-order valence-corrected chi connectivity index (χ0v) is 11.6. The molecule has 17 heavy (non-hydrogen) atoms. The molecule has 1 saturated heterocycles. The van der Waals surface area contributed by atoms with Gasteiger partial charge >= 0.3 is 0 Å². The van der Waals surface area contributed by atoms with Crippen LogP contribution in [0.4, 0.5) is 0 Å². The maximum Gasteiger partial charge on any atom is 0.221 e. The molecule has 1 aliphatic carbocycles. The number of carbonyl (C=O) groups excluding carboxylic acids is 1. The average molecular weight is 256 g/mol. The lowest BCUT2D eigenvalue weighted by atomic mass is 9.94. The number of rotatable bonds is 4. The number of hydrogen-bond donors (Lipinski definition) is 2. The number of hydrogen-bond acceptors (Lipinski definition) is 3. The van der Waals surface area contributed by atoms with E-state index in [1.165, 1.54) is 31.4 Å². The molecule has 4 heteroatoms. The predicted molar refractivity (Wildman–Crippen MR) is 73.1 cm³/mol. The Balaban J connectivity index is 1.74. The molecule has 0 bridgehead atoms. The fourth-order valence-corrected chi connectivity index (χ4v) is 4.14. The Morgan fingerprint density at radius 1 is 1.29 bits per heavy atom. The maximum absolute atomic E-state index is 11.9. The molecule has 3 nitrogen and oxygen atoms in total. The second-order valence-electron chi connectivity index (χ2n) is 5.92. The number of nitrogens with one attached hydrogen (secondary N) is 1. The summed E-state index contributed by atoms with van der Waals surface area (Å²) in [6, 6.07) is 0. The van der Waals surface area contributed by atoms with Crippen molar-refractivity contribution < 1.29 is 4.79 Å². The van der Waals surface area contributed by atoms with Gasteiger partial charge in [-0.1, -0.05) is 12.8 Å². The van der Waals surface area contributed by atoms with Crippen molar-refractivity contribution in [2.75, 3.05) is 12.3 Å². The molecule has 1 unspecified atom stereocenters. The first-order valence-corrected chi connectivity index (χ1v) is 7.70. The molecular formula is C13H24N2OS. The number of nitrogens with two attached hydrogens (primary N) is 1. The van der Waals surface area contributed by atoms with Crippen molar-refractivity contribution in [2.24, 2.45) is 5.73 Å². The van der Waals surface area contributed by atoms with Gasteiger partial charge in [-0.25, -0.2) is 0 Å². The highest BCUT2D eigenvalue weighted by molar-refractivity contribution is 8.00. The van der Waals surface area contributed by atoms with E-state index in [9.17, 15) is 4.79 Å². The molecule has 0 aromatic rings. The standard InChI is InChI=1S/C13H24N2OS/c1-12(5-4-8-17-12)10-15-11(16)9-13(14)6-2-3-7-13/h2-10,14H2,1H3,(H,15,16). The van der Waals surface area contributed by atoms with Crippen molar-refractivity contribution >= 4 is 17.7 Å². The minimum atomic E-state index is -0.214. The third-order valence-corrected chi connectivity index (χ3v) is 5.61. The summed E-state index contributed by atoms with van der Waals surface area (Å²) in [7, 11) is 0. The Kier molecular flexibility index (Phi) is 4.03. The zero-order valence-electron chi connectivity index (χ0n) is 10.8. The summed E-state index contributed by atoms with van der Waals surface area (Å²) in [6.45, 7) is 3.05. The van der Waals surface area contributed by atoms with Gasteiger partial charge in [0, 0.05) is 23.3 Å². The zero-order chi connectivity index (χ0) is 12.4. The van der Waals surface area contributed by atoms with E-state index in [4.69, 9.17) is 5.73 Å². The van der Waals surface area contributed by atoms with Crippen molar-refractivity contribution in [2.45, 2.75) is 62.2 Å². The van der Waals surface area contributed by atoms with E-state index in [0.29, 0.717) is 6.42 Å². The van der Waals surface area contributed by atoms with Crippen LogP contribution in [0.3, 0.4) is 0 Å². The minimum absolute atomic E-state index is 0.142.